The largest absolute Gasteiger partial charge is 0.396 e. The second-order valence-electron chi connectivity index (χ2n) is 5.53. The van der Waals surface area contributed by atoms with Crippen molar-refractivity contribution < 1.29 is 5.11 Å². The van der Waals surface area contributed by atoms with Crippen molar-refractivity contribution in [2.45, 2.75) is 59.2 Å². The van der Waals surface area contributed by atoms with E-state index in [0.717, 1.165) is 19.3 Å². The normalized spacial score (nSPS) is 11.5. The van der Waals surface area contributed by atoms with Gasteiger partial charge in [-0.05, 0) is 30.9 Å². The van der Waals surface area contributed by atoms with Gasteiger partial charge in [-0.3, -0.25) is 13.9 Å². The number of rotatable bonds is 8. The Bertz CT molecular complexity index is 791. The Labute approximate surface area is 139 Å². The van der Waals surface area contributed by atoms with Crippen LogP contribution in [0.2, 0.25) is 5.28 Å². The lowest BCUT2D eigenvalue weighted by Crippen LogP contribution is -2.41. The molecule has 0 unspecified atom stereocenters. The maximum Gasteiger partial charge on any atom is 0.332 e. The Hall–Kier alpha value is -1.60. The average Bonchev–Trinajstić information content (AvgIpc) is 2.84. The Kier molecular flexibility index (Phi) is 6.01. The predicted molar refractivity (Wildman–Crippen MR) is 90.2 cm³/mol. The smallest absolute Gasteiger partial charge is 0.332 e. The minimum Gasteiger partial charge on any atom is -0.396 e. The van der Waals surface area contributed by atoms with E-state index in [2.05, 4.69) is 4.98 Å². The highest BCUT2D eigenvalue weighted by Gasteiger charge is 2.20. The standard InChI is InChI=1S/C15H23ClN4O3/c1-3-5-8-19-12-11(18(7-4-2)14(16)17-12)13(22)20(15(19)23)9-6-10-21/h21H,3-10H2,1-2H3. The summed E-state index contributed by atoms with van der Waals surface area (Å²) < 4.78 is 4.37. The molecular weight excluding hydrogens is 320 g/mol. The molecule has 2 aromatic rings. The first-order valence-electron chi connectivity index (χ1n) is 8.07. The van der Waals surface area contributed by atoms with Gasteiger partial charge in [-0.1, -0.05) is 20.3 Å². The molecule has 8 heteroatoms. The van der Waals surface area contributed by atoms with Crippen LogP contribution in [0, 0.1) is 0 Å². The molecule has 0 spiro atoms. The molecule has 0 aromatic carbocycles. The van der Waals surface area contributed by atoms with Gasteiger partial charge in [0, 0.05) is 26.2 Å². The van der Waals surface area contributed by atoms with Gasteiger partial charge in [0.25, 0.3) is 5.56 Å². The van der Waals surface area contributed by atoms with Crippen molar-refractivity contribution >= 4 is 22.8 Å². The molecule has 0 bridgehead atoms. The van der Waals surface area contributed by atoms with Gasteiger partial charge in [0.1, 0.15) is 0 Å². The van der Waals surface area contributed by atoms with Crippen LogP contribution in [0.1, 0.15) is 39.5 Å². The van der Waals surface area contributed by atoms with Crippen LogP contribution in [0.4, 0.5) is 0 Å². The third-order valence-corrected chi connectivity index (χ3v) is 4.08. The molecule has 2 rings (SSSR count). The molecule has 0 aliphatic heterocycles. The lowest BCUT2D eigenvalue weighted by molar-refractivity contribution is 0.277. The zero-order valence-corrected chi connectivity index (χ0v) is 14.3. The van der Waals surface area contributed by atoms with Crippen molar-refractivity contribution in [2.75, 3.05) is 6.61 Å². The van der Waals surface area contributed by atoms with E-state index in [4.69, 9.17) is 16.7 Å². The molecule has 0 aliphatic rings. The molecule has 0 atom stereocenters. The monoisotopic (exact) mass is 342 g/mol. The van der Waals surface area contributed by atoms with Crippen LogP contribution in [0.5, 0.6) is 0 Å². The molecule has 0 amide bonds. The van der Waals surface area contributed by atoms with Gasteiger partial charge >= 0.3 is 5.69 Å². The molecule has 7 nitrogen and oxygen atoms in total. The van der Waals surface area contributed by atoms with E-state index >= 15 is 0 Å². The maximum absolute atomic E-state index is 12.7. The quantitative estimate of drug-likeness (QED) is 0.739. The maximum atomic E-state index is 12.7. The van der Waals surface area contributed by atoms with E-state index in [0.29, 0.717) is 30.7 Å². The Morgan fingerprint density at radius 1 is 1.00 bits per heavy atom. The summed E-state index contributed by atoms with van der Waals surface area (Å²) in [6.07, 6.45) is 2.89. The van der Waals surface area contributed by atoms with Gasteiger partial charge in [-0.2, -0.15) is 4.98 Å². The van der Waals surface area contributed by atoms with Crippen LogP contribution >= 0.6 is 11.6 Å². The van der Waals surface area contributed by atoms with Crippen molar-refractivity contribution in [3.05, 3.63) is 26.1 Å². The molecule has 2 aromatic heterocycles. The number of aromatic nitrogens is 4. The highest BCUT2D eigenvalue weighted by molar-refractivity contribution is 6.29. The van der Waals surface area contributed by atoms with Gasteiger partial charge in [-0.25, -0.2) is 4.79 Å². The van der Waals surface area contributed by atoms with Gasteiger partial charge < -0.3 is 9.67 Å². The lowest BCUT2D eigenvalue weighted by Gasteiger charge is -2.11. The van der Waals surface area contributed by atoms with E-state index in [1.165, 1.54) is 9.13 Å². The van der Waals surface area contributed by atoms with Gasteiger partial charge in [0.15, 0.2) is 11.2 Å². The number of fused-ring (bicyclic) bond motifs is 1. The zero-order chi connectivity index (χ0) is 17.0. The number of imidazole rings is 1. The number of unbranched alkanes of at least 4 members (excludes halogenated alkanes) is 1. The lowest BCUT2D eigenvalue weighted by atomic mass is 10.3. The first kappa shape index (κ1) is 17.7. The topological polar surface area (TPSA) is 82.0 Å². The van der Waals surface area contributed by atoms with E-state index in [-0.39, 0.29) is 29.7 Å². The van der Waals surface area contributed by atoms with Gasteiger partial charge in [0.05, 0.1) is 0 Å². The molecular formula is C15H23ClN4O3. The summed E-state index contributed by atoms with van der Waals surface area (Å²) in [6.45, 7) is 5.19. The second kappa shape index (κ2) is 7.79. The number of aliphatic hydroxyl groups excluding tert-OH is 1. The molecule has 0 saturated heterocycles. The number of hydrogen-bond donors (Lipinski definition) is 1. The van der Waals surface area contributed by atoms with Crippen molar-refractivity contribution in [1.82, 2.24) is 18.7 Å². The van der Waals surface area contributed by atoms with Crippen LogP contribution in [-0.2, 0) is 19.6 Å². The molecule has 2 heterocycles. The van der Waals surface area contributed by atoms with E-state index in [1.807, 2.05) is 13.8 Å². The summed E-state index contributed by atoms with van der Waals surface area (Å²) >= 11 is 6.18. The van der Waals surface area contributed by atoms with E-state index < -0.39 is 0 Å². The summed E-state index contributed by atoms with van der Waals surface area (Å²) in [7, 11) is 0. The fourth-order valence-electron chi connectivity index (χ4n) is 2.64. The number of hydrogen-bond acceptors (Lipinski definition) is 4. The predicted octanol–water partition coefficient (Wildman–Crippen LogP) is 1.61. The fourth-order valence-corrected chi connectivity index (χ4v) is 2.88. The highest BCUT2D eigenvalue weighted by atomic mass is 35.5. The Balaban J connectivity index is 2.77. The third-order valence-electron chi connectivity index (χ3n) is 3.79. The molecule has 0 fully saturated rings. The van der Waals surface area contributed by atoms with Crippen molar-refractivity contribution in [3.8, 4) is 0 Å². The first-order chi connectivity index (χ1) is 11.1. The van der Waals surface area contributed by atoms with E-state index in [9.17, 15) is 9.59 Å². The zero-order valence-electron chi connectivity index (χ0n) is 13.6. The van der Waals surface area contributed by atoms with Crippen LogP contribution in [0.25, 0.3) is 11.2 Å². The highest BCUT2D eigenvalue weighted by Crippen LogP contribution is 2.17. The molecule has 0 saturated carbocycles. The summed E-state index contributed by atoms with van der Waals surface area (Å²) in [5, 5.41) is 9.24. The van der Waals surface area contributed by atoms with Crippen LogP contribution < -0.4 is 11.2 Å². The Morgan fingerprint density at radius 2 is 1.70 bits per heavy atom. The van der Waals surface area contributed by atoms with Crippen molar-refractivity contribution in [2.24, 2.45) is 0 Å². The summed E-state index contributed by atoms with van der Waals surface area (Å²) in [4.78, 5) is 29.6. The molecule has 0 aliphatic carbocycles. The summed E-state index contributed by atoms with van der Waals surface area (Å²) in [5.74, 6) is 0. The van der Waals surface area contributed by atoms with Crippen molar-refractivity contribution in [3.63, 3.8) is 0 Å². The Morgan fingerprint density at radius 3 is 2.30 bits per heavy atom. The second-order valence-corrected chi connectivity index (χ2v) is 5.86. The number of aryl methyl sites for hydroxylation is 2. The van der Waals surface area contributed by atoms with Crippen molar-refractivity contribution in [1.29, 1.82) is 0 Å². The van der Waals surface area contributed by atoms with Gasteiger partial charge in [0.2, 0.25) is 5.28 Å². The van der Waals surface area contributed by atoms with Crippen LogP contribution in [0.3, 0.4) is 0 Å². The number of nitrogens with zero attached hydrogens (tertiary/aromatic N) is 4. The number of aliphatic hydroxyl groups is 1. The minimum absolute atomic E-state index is 0.0755. The molecule has 128 valence electrons. The molecule has 23 heavy (non-hydrogen) atoms. The molecule has 1 N–H and O–H groups in total. The molecule has 0 radical (unpaired) electrons. The van der Waals surface area contributed by atoms with E-state index in [1.54, 1.807) is 4.57 Å². The third kappa shape index (κ3) is 3.35. The fraction of sp³-hybridized carbons (Fsp3) is 0.667. The van der Waals surface area contributed by atoms with Gasteiger partial charge in [-0.15, -0.1) is 0 Å². The van der Waals surface area contributed by atoms with Crippen LogP contribution in [0.15, 0.2) is 9.59 Å². The average molecular weight is 343 g/mol. The SMILES string of the molecule is CCCCn1c(=O)n(CCCO)c(=O)c2c1nc(Cl)n2CCC. The minimum atomic E-state index is -0.390. The summed E-state index contributed by atoms with van der Waals surface area (Å²) in [6, 6.07) is 0. The summed E-state index contributed by atoms with van der Waals surface area (Å²) in [5.41, 5.74) is -0.0566. The van der Waals surface area contributed by atoms with Crippen LogP contribution in [-0.4, -0.2) is 30.4 Å². The number of halogens is 1. The first-order valence-corrected chi connectivity index (χ1v) is 8.44.